The number of nitrogens with one attached hydrogen (secondary N) is 1. The lowest BCUT2D eigenvalue weighted by atomic mass is 9.91. The first kappa shape index (κ1) is 13.3. The number of nitrogens with zero attached hydrogens (tertiary/aromatic N) is 2. The van der Waals surface area contributed by atoms with Crippen LogP contribution >= 0.6 is 0 Å². The molecule has 0 radical (unpaired) electrons. The van der Waals surface area contributed by atoms with Crippen LogP contribution in [0.3, 0.4) is 0 Å². The molecule has 1 atom stereocenters. The Morgan fingerprint density at radius 3 is 2.53 bits per heavy atom. The van der Waals surface area contributed by atoms with Crippen LogP contribution in [-0.2, 0) is 4.79 Å². The summed E-state index contributed by atoms with van der Waals surface area (Å²) in [5.41, 5.74) is 0.352. The highest BCUT2D eigenvalue weighted by molar-refractivity contribution is 5.82. The summed E-state index contributed by atoms with van der Waals surface area (Å²) in [6.45, 7) is 6.60. The van der Waals surface area contributed by atoms with Gasteiger partial charge in [-0.1, -0.05) is 0 Å². The van der Waals surface area contributed by atoms with Crippen molar-refractivity contribution >= 4 is 5.91 Å². The Morgan fingerprint density at radius 1 is 1.21 bits per heavy atom. The van der Waals surface area contributed by atoms with Crippen LogP contribution in [0.15, 0.2) is 0 Å². The van der Waals surface area contributed by atoms with E-state index in [1.54, 1.807) is 0 Å². The van der Waals surface area contributed by atoms with Crippen molar-refractivity contribution in [3.8, 4) is 0 Å². The largest absolute Gasteiger partial charge is 0.395 e. The molecule has 5 nitrogen and oxygen atoms in total. The fourth-order valence-corrected chi connectivity index (χ4v) is 3.73. The van der Waals surface area contributed by atoms with Crippen molar-refractivity contribution in [3.05, 3.63) is 0 Å². The van der Waals surface area contributed by atoms with E-state index < -0.39 is 0 Å². The molecule has 108 valence electrons. The maximum Gasteiger partial charge on any atom is 0.226 e. The third-order valence-electron chi connectivity index (χ3n) is 5.19. The number of carbonyl (C=O) groups excluding carboxylic acids is 1. The van der Waals surface area contributed by atoms with Crippen LogP contribution in [0.1, 0.15) is 19.3 Å². The van der Waals surface area contributed by atoms with E-state index in [0.717, 1.165) is 52.2 Å². The molecule has 2 heterocycles. The van der Waals surface area contributed by atoms with Crippen LogP contribution in [0, 0.1) is 11.3 Å². The highest BCUT2D eigenvalue weighted by Crippen LogP contribution is 2.59. The highest BCUT2D eigenvalue weighted by Gasteiger charge is 2.58. The Bertz CT molecular complexity index is 334. The van der Waals surface area contributed by atoms with Crippen molar-refractivity contribution in [1.29, 1.82) is 0 Å². The van der Waals surface area contributed by atoms with E-state index in [2.05, 4.69) is 15.1 Å². The fraction of sp³-hybridized carbons (Fsp3) is 0.929. The van der Waals surface area contributed by atoms with E-state index in [4.69, 9.17) is 5.11 Å². The van der Waals surface area contributed by atoms with Crippen LogP contribution in [-0.4, -0.2) is 73.2 Å². The number of amides is 1. The quantitative estimate of drug-likeness (QED) is 0.725. The zero-order valence-electron chi connectivity index (χ0n) is 11.6. The molecule has 1 aliphatic carbocycles. The van der Waals surface area contributed by atoms with Gasteiger partial charge in [-0.2, -0.15) is 0 Å². The lowest BCUT2D eigenvalue weighted by Crippen LogP contribution is -2.50. The van der Waals surface area contributed by atoms with E-state index in [0.29, 0.717) is 17.2 Å². The summed E-state index contributed by atoms with van der Waals surface area (Å²) in [6, 6.07) is 0. The van der Waals surface area contributed by atoms with Crippen LogP contribution in [0.2, 0.25) is 0 Å². The fourth-order valence-electron chi connectivity index (χ4n) is 3.73. The number of hydrogen-bond acceptors (Lipinski definition) is 4. The minimum absolute atomic E-state index is 0.215. The molecule has 2 saturated heterocycles. The molecule has 1 unspecified atom stereocenters. The molecule has 0 aromatic carbocycles. The van der Waals surface area contributed by atoms with Crippen molar-refractivity contribution < 1.29 is 9.90 Å². The van der Waals surface area contributed by atoms with Crippen molar-refractivity contribution in [1.82, 2.24) is 15.1 Å². The first-order valence-electron chi connectivity index (χ1n) is 7.58. The van der Waals surface area contributed by atoms with E-state index in [1.807, 2.05) is 0 Å². The number of hydrogen-bond donors (Lipinski definition) is 2. The summed E-state index contributed by atoms with van der Waals surface area (Å²) < 4.78 is 0. The Labute approximate surface area is 114 Å². The maximum atomic E-state index is 12.5. The summed E-state index contributed by atoms with van der Waals surface area (Å²) in [5.74, 6) is 0.699. The van der Waals surface area contributed by atoms with Gasteiger partial charge in [-0.05, 0) is 37.8 Å². The van der Waals surface area contributed by atoms with Gasteiger partial charge in [-0.25, -0.2) is 0 Å². The smallest absolute Gasteiger partial charge is 0.226 e. The van der Waals surface area contributed by atoms with Crippen molar-refractivity contribution in [3.63, 3.8) is 0 Å². The summed E-state index contributed by atoms with van der Waals surface area (Å²) in [4.78, 5) is 16.8. The normalized spacial score (nSPS) is 30.6. The second-order valence-electron chi connectivity index (χ2n) is 6.26. The zero-order chi connectivity index (χ0) is 13.3. The molecule has 0 bridgehead atoms. The van der Waals surface area contributed by atoms with Gasteiger partial charge in [0.2, 0.25) is 5.91 Å². The van der Waals surface area contributed by atoms with Gasteiger partial charge in [0.1, 0.15) is 0 Å². The lowest BCUT2D eigenvalue weighted by Gasteiger charge is -2.35. The minimum Gasteiger partial charge on any atom is -0.395 e. The Morgan fingerprint density at radius 2 is 1.89 bits per heavy atom. The maximum absolute atomic E-state index is 12.5. The van der Waals surface area contributed by atoms with Gasteiger partial charge in [0.15, 0.2) is 0 Å². The topological polar surface area (TPSA) is 55.8 Å². The van der Waals surface area contributed by atoms with E-state index in [9.17, 15) is 4.79 Å². The van der Waals surface area contributed by atoms with E-state index in [-0.39, 0.29) is 6.61 Å². The molecule has 2 aliphatic heterocycles. The molecule has 19 heavy (non-hydrogen) atoms. The number of carbonyl (C=O) groups is 1. The third kappa shape index (κ3) is 2.64. The molecule has 2 N–H and O–H groups in total. The predicted octanol–water partition coefficient (Wildman–Crippen LogP) is -0.487. The highest BCUT2D eigenvalue weighted by atomic mass is 16.3. The number of rotatable bonds is 3. The predicted molar refractivity (Wildman–Crippen MR) is 72.7 cm³/mol. The van der Waals surface area contributed by atoms with Crippen LogP contribution in [0.5, 0.6) is 0 Å². The Kier molecular flexibility index (Phi) is 3.78. The molecule has 0 aromatic heterocycles. The molecular weight excluding hydrogens is 242 g/mol. The Balaban J connectivity index is 1.50. The molecule has 3 fully saturated rings. The van der Waals surface area contributed by atoms with Crippen molar-refractivity contribution in [2.75, 3.05) is 52.4 Å². The zero-order valence-corrected chi connectivity index (χ0v) is 11.6. The molecule has 5 heteroatoms. The van der Waals surface area contributed by atoms with Gasteiger partial charge in [-0.3, -0.25) is 9.69 Å². The molecule has 3 rings (SSSR count). The number of β-amino-alcohol motifs (C(OH)–C–C–N with tert-alkyl or cyclic N) is 1. The summed E-state index contributed by atoms with van der Waals surface area (Å²) in [5, 5.41) is 12.3. The summed E-state index contributed by atoms with van der Waals surface area (Å²) in [6.07, 6.45) is 3.46. The lowest BCUT2D eigenvalue weighted by molar-refractivity contribution is -0.135. The van der Waals surface area contributed by atoms with Gasteiger partial charge in [-0.15, -0.1) is 0 Å². The van der Waals surface area contributed by atoms with E-state index in [1.165, 1.54) is 12.8 Å². The number of piperazine rings is 1. The first-order valence-corrected chi connectivity index (χ1v) is 7.58. The average Bonchev–Trinajstić information content (AvgIpc) is 3.13. The van der Waals surface area contributed by atoms with Crippen molar-refractivity contribution in [2.24, 2.45) is 11.3 Å². The number of aliphatic hydroxyl groups is 1. The summed E-state index contributed by atoms with van der Waals surface area (Å²) in [7, 11) is 0. The molecule has 0 aromatic rings. The SMILES string of the molecule is O=C(C1CC12CCNCC2)N1CCN(CCO)CC1. The molecule has 1 saturated carbocycles. The molecular formula is C14H25N3O2. The van der Waals surface area contributed by atoms with Crippen LogP contribution < -0.4 is 5.32 Å². The standard InChI is InChI=1S/C14H25N3O2/c18-10-9-16-5-7-17(8-6-16)13(19)12-11-14(12)1-3-15-4-2-14/h12,15,18H,1-11H2. The minimum atomic E-state index is 0.215. The monoisotopic (exact) mass is 267 g/mol. The van der Waals surface area contributed by atoms with Gasteiger partial charge >= 0.3 is 0 Å². The number of piperidine rings is 1. The van der Waals surface area contributed by atoms with Gasteiger partial charge in [0.05, 0.1) is 6.61 Å². The van der Waals surface area contributed by atoms with Crippen LogP contribution in [0.4, 0.5) is 0 Å². The molecule has 3 aliphatic rings. The van der Waals surface area contributed by atoms with Gasteiger partial charge in [0, 0.05) is 38.6 Å². The number of aliphatic hydroxyl groups excluding tert-OH is 1. The Hall–Kier alpha value is -0.650. The average molecular weight is 267 g/mol. The third-order valence-corrected chi connectivity index (χ3v) is 5.19. The van der Waals surface area contributed by atoms with Gasteiger partial charge in [0.25, 0.3) is 0 Å². The molecule has 1 spiro atoms. The second kappa shape index (κ2) is 5.38. The summed E-state index contributed by atoms with van der Waals surface area (Å²) >= 11 is 0. The molecule has 1 amide bonds. The van der Waals surface area contributed by atoms with E-state index >= 15 is 0 Å². The first-order chi connectivity index (χ1) is 9.25. The van der Waals surface area contributed by atoms with Crippen molar-refractivity contribution in [2.45, 2.75) is 19.3 Å². The van der Waals surface area contributed by atoms with Crippen LogP contribution in [0.25, 0.3) is 0 Å². The second-order valence-corrected chi connectivity index (χ2v) is 6.26. The van der Waals surface area contributed by atoms with Gasteiger partial charge < -0.3 is 15.3 Å².